The van der Waals surface area contributed by atoms with E-state index >= 15 is 0 Å². The highest BCUT2D eigenvalue weighted by Gasteiger charge is 2.12. The van der Waals surface area contributed by atoms with Gasteiger partial charge >= 0.3 is 0 Å². The van der Waals surface area contributed by atoms with E-state index in [9.17, 15) is 8.42 Å². The largest absolute Gasteiger partial charge is 0.409 e. The lowest BCUT2D eigenvalue weighted by atomic mass is 10.4. The summed E-state index contributed by atoms with van der Waals surface area (Å²) in [6.45, 7) is 1.90. The average molecular weight is 194 g/mol. The Morgan fingerprint density at radius 2 is 2.17 bits per heavy atom. The molecule has 0 saturated carbocycles. The maximum Gasteiger partial charge on any atom is 0.157 e. The van der Waals surface area contributed by atoms with Gasteiger partial charge in [-0.1, -0.05) is 18.5 Å². The van der Waals surface area contributed by atoms with Crippen molar-refractivity contribution in [2.45, 2.75) is 19.8 Å². The van der Waals surface area contributed by atoms with E-state index in [1.165, 1.54) is 0 Å². The quantitative estimate of drug-likeness (QED) is 0.278. The van der Waals surface area contributed by atoms with Gasteiger partial charge in [-0.3, -0.25) is 0 Å². The smallest absolute Gasteiger partial charge is 0.157 e. The van der Waals surface area contributed by atoms with Gasteiger partial charge in [-0.05, 0) is 6.42 Å². The van der Waals surface area contributed by atoms with E-state index in [0.29, 0.717) is 6.42 Å². The number of oxime groups is 1. The first-order chi connectivity index (χ1) is 5.52. The van der Waals surface area contributed by atoms with E-state index in [4.69, 9.17) is 10.9 Å². The van der Waals surface area contributed by atoms with E-state index in [1.54, 1.807) is 0 Å². The van der Waals surface area contributed by atoms with Gasteiger partial charge < -0.3 is 10.9 Å². The van der Waals surface area contributed by atoms with Crippen LogP contribution in [0.4, 0.5) is 0 Å². The average Bonchev–Trinajstić information content (AvgIpc) is 2.00. The van der Waals surface area contributed by atoms with Crippen LogP contribution < -0.4 is 5.73 Å². The van der Waals surface area contributed by atoms with Gasteiger partial charge in [-0.25, -0.2) is 8.42 Å². The molecule has 0 aromatic heterocycles. The third kappa shape index (κ3) is 4.95. The number of nitrogens with zero attached hydrogens (tertiary/aromatic N) is 1. The highest BCUT2D eigenvalue weighted by Crippen LogP contribution is 1.96. The first kappa shape index (κ1) is 11.2. The van der Waals surface area contributed by atoms with Crippen LogP contribution in [0, 0.1) is 0 Å². The molecule has 0 aliphatic rings. The maximum atomic E-state index is 11.1. The second-order valence-electron chi connectivity index (χ2n) is 2.54. The molecule has 0 bridgehead atoms. The van der Waals surface area contributed by atoms with Crippen LogP contribution in [0.25, 0.3) is 0 Å². The topological polar surface area (TPSA) is 92.8 Å². The van der Waals surface area contributed by atoms with Crippen molar-refractivity contribution in [1.29, 1.82) is 0 Å². The molecule has 0 atom stereocenters. The van der Waals surface area contributed by atoms with Crippen molar-refractivity contribution in [3.63, 3.8) is 0 Å². The Morgan fingerprint density at radius 1 is 1.58 bits per heavy atom. The number of hydrogen-bond acceptors (Lipinski definition) is 4. The van der Waals surface area contributed by atoms with Crippen LogP contribution in [-0.4, -0.2) is 31.0 Å². The van der Waals surface area contributed by atoms with E-state index in [1.807, 2.05) is 6.92 Å². The lowest BCUT2D eigenvalue weighted by Crippen LogP contribution is -2.25. The van der Waals surface area contributed by atoms with E-state index in [2.05, 4.69) is 5.16 Å². The molecule has 12 heavy (non-hydrogen) atoms. The van der Waals surface area contributed by atoms with Crippen LogP contribution in [-0.2, 0) is 9.84 Å². The molecule has 0 aliphatic carbocycles. The minimum absolute atomic E-state index is 0.0969. The fourth-order valence-electron chi connectivity index (χ4n) is 0.691. The number of rotatable bonds is 5. The number of sulfone groups is 1. The first-order valence-electron chi connectivity index (χ1n) is 3.68. The second-order valence-corrected chi connectivity index (χ2v) is 4.72. The third-order valence-electron chi connectivity index (χ3n) is 1.31. The van der Waals surface area contributed by atoms with Crippen molar-refractivity contribution in [1.82, 2.24) is 0 Å². The van der Waals surface area contributed by atoms with Crippen LogP contribution >= 0.6 is 0 Å². The lowest BCUT2D eigenvalue weighted by molar-refractivity contribution is 0.318. The Bertz CT molecular complexity index is 246. The van der Waals surface area contributed by atoms with Gasteiger partial charge in [0.2, 0.25) is 0 Å². The minimum Gasteiger partial charge on any atom is -0.409 e. The molecule has 0 aliphatic heterocycles. The standard InChI is InChI=1S/C6H14N2O3S/c1-2-3-4-12(10,11)5-6(7)8-9/h9H,2-5H2,1H3,(H2,7,8). The van der Waals surface area contributed by atoms with Crippen LogP contribution in [0.15, 0.2) is 5.16 Å². The molecule has 0 aromatic rings. The zero-order valence-corrected chi connectivity index (χ0v) is 7.84. The molecule has 0 amide bonds. The molecule has 0 radical (unpaired) electrons. The summed E-state index contributed by atoms with van der Waals surface area (Å²) >= 11 is 0. The molecule has 72 valence electrons. The molecule has 6 heteroatoms. The van der Waals surface area contributed by atoms with E-state index < -0.39 is 9.84 Å². The summed E-state index contributed by atoms with van der Waals surface area (Å²) in [5, 5.41) is 10.7. The highest BCUT2D eigenvalue weighted by molar-refractivity contribution is 7.92. The van der Waals surface area contributed by atoms with E-state index in [-0.39, 0.29) is 17.3 Å². The van der Waals surface area contributed by atoms with Crippen molar-refractivity contribution >= 4 is 15.7 Å². The summed E-state index contributed by atoms with van der Waals surface area (Å²) < 4.78 is 22.2. The van der Waals surface area contributed by atoms with Gasteiger partial charge in [0.1, 0.15) is 5.75 Å². The Hall–Kier alpha value is -0.780. The molecular formula is C6H14N2O3S. The van der Waals surface area contributed by atoms with Crippen molar-refractivity contribution in [2.24, 2.45) is 10.9 Å². The number of nitrogens with two attached hydrogens (primary N) is 1. The Kier molecular flexibility index (Phi) is 4.65. The fourth-order valence-corrected chi connectivity index (χ4v) is 2.07. The molecule has 0 heterocycles. The highest BCUT2D eigenvalue weighted by atomic mass is 32.2. The fraction of sp³-hybridized carbons (Fsp3) is 0.833. The number of amidine groups is 1. The van der Waals surface area contributed by atoms with E-state index in [0.717, 1.165) is 6.42 Å². The molecule has 0 rings (SSSR count). The summed E-state index contributed by atoms with van der Waals surface area (Å²) in [5.74, 6) is -0.519. The van der Waals surface area contributed by atoms with Gasteiger partial charge in [0.15, 0.2) is 15.7 Å². The van der Waals surface area contributed by atoms with Crippen molar-refractivity contribution in [2.75, 3.05) is 11.5 Å². The van der Waals surface area contributed by atoms with Crippen molar-refractivity contribution in [3.8, 4) is 0 Å². The predicted molar refractivity (Wildman–Crippen MR) is 47.0 cm³/mol. The summed E-state index contributed by atoms with van der Waals surface area (Å²) in [5.41, 5.74) is 5.05. The van der Waals surface area contributed by atoms with Crippen LogP contribution in [0.2, 0.25) is 0 Å². The molecule has 0 aromatic carbocycles. The normalized spacial score (nSPS) is 13.2. The molecule has 0 spiro atoms. The van der Waals surface area contributed by atoms with Gasteiger partial charge in [0.05, 0.1) is 5.75 Å². The monoisotopic (exact) mass is 194 g/mol. The van der Waals surface area contributed by atoms with Gasteiger partial charge in [0.25, 0.3) is 0 Å². The summed E-state index contributed by atoms with van der Waals surface area (Å²) in [6, 6.07) is 0. The van der Waals surface area contributed by atoms with Gasteiger partial charge in [-0.15, -0.1) is 0 Å². The Balaban J connectivity index is 4.06. The number of unbranched alkanes of at least 4 members (excludes halogenated alkanes) is 1. The zero-order valence-electron chi connectivity index (χ0n) is 7.02. The molecule has 3 N–H and O–H groups in total. The molecule has 5 nitrogen and oxygen atoms in total. The van der Waals surface area contributed by atoms with Crippen LogP contribution in [0.1, 0.15) is 19.8 Å². The summed E-state index contributed by atoms with van der Waals surface area (Å²) in [7, 11) is -3.17. The van der Waals surface area contributed by atoms with Crippen LogP contribution in [0.3, 0.4) is 0 Å². The van der Waals surface area contributed by atoms with Gasteiger partial charge in [0, 0.05) is 0 Å². The summed E-state index contributed by atoms with van der Waals surface area (Å²) in [4.78, 5) is 0. The second kappa shape index (κ2) is 4.97. The Labute approximate surface area is 72.2 Å². The first-order valence-corrected chi connectivity index (χ1v) is 5.50. The predicted octanol–water partition coefficient (Wildman–Crippen LogP) is -0.0523. The van der Waals surface area contributed by atoms with Crippen LogP contribution in [0.5, 0.6) is 0 Å². The SMILES string of the molecule is CCCCS(=O)(=O)CC(N)=NO. The lowest BCUT2D eigenvalue weighted by Gasteiger charge is -2.00. The van der Waals surface area contributed by atoms with Gasteiger partial charge in [-0.2, -0.15) is 0 Å². The molecule has 0 unspecified atom stereocenters. The molecular weight excluding hydrogens is 180 g/mol. The summed E-state index contributed by atoms with van der Waals surface area (Å²) in [6.07, 6.45) is 1.43. The molecule has 0 saturated heterocycles. The van der Waals surface area contributed by atoms with Crippen molar-refractivity contribution in [3.05, 3.63) is 0 Å². The molecule has 0 fully saturated rings. The minimum atomic E-state index is -3.17. The zero-order chi connectivity index (χ0) is 9.61. The Morgan fingerprint density at radius 3 is 2.58 bits per heavy atom. The number of hydrogen-bond donors (Lipinski definition) is 2. The third-order valence-corrected chi connectivity index (χ3v) is 2.95. The van der Waals surface area contributed by atoms with Crippen molar-refractivity contribution < 1.29 is 13.6 Å². The maximum absolute atomic E-state index is 11.1.